The van der Waals surface area contributed by atoms with Crippen molar-refractivity contribution in [3.05, 3.63) is 0 Å². The summed E-state index contributed by atoms with van der Waals surface area (Å²) in [6.07, 6.45) is 3.07. The molecule has 0 aliphatic rings. The quantitative estimate of drug-likeness (QED) is 0.549. The SMILES string of the molecule is CC(C)CCCOCC(O)CNCCC(C)C. The Balaban J connectivity index is 3.20. The highest BCUT2D eigenvalue weighted by atomic mass is 16.5. The lowest BCUT2D eigenvalue weighted by Gasteiger charge is -2.13. The van der Waals surface area contributed by atoms with Crippen LogP contribution in [0.5, 0.6) is 0 Å². The van der Waals surface area contributed by atoms with Gasteiger partial charge in [0.15, 0.2) is 0 Å². The van der Waals surface area contributed by atoms with Gasteiger partial charge < -0.3 is 15.2 Å². The topological polar surface area (TPSA) is 41.5 Å². The minimum atomic E-state index is -0.374. The molecule has 1 unspecified atom stereocenters. The van der Waals surface area contributed by atoms with Crippen LogP contribution in [0.3, 0.4) is 0 Å². The zero-order chi connectivity index (χ0) is 13.1. The highest BCUT2D eigenvalue weighted by Gasteiger charge is 2.04. The summed E-state index contributed by atoms with van der Waals surface area (Å²) >= 11 is 0. The molecule has 0 amide bonds. The highest BCUT2D eigenvalue weighted by Crippen LogP contribution is 2.03. The van der Waals surface area contributed by atoms with E-state index < -0.39 is 0 Å². The summed E-state index contributed by atoms with van der Waals surface area (Å²) in [5.41, 5.74) is 0. The van der Waals surface area contributed by atoms with Gasteiger partial charge in [-0.2, -0.15) is 0 Å². The van der Waals surface area contributed by atoms with Crippen molar-refractivity contribution in [3.8, 4) is 0 Å². The summed E-state index contributed by atoms with van der Waals surface area (Å²) in [6.45, 7) is 11.7. The fourth-order valence-electron chi connectivity index (χ4n) is 1.53. The molecule has 3 nitrogen and oxygen atoms in total. The van der Waals surface area contributed by atoms with E-state index in [1.54, 1.807) is 0 Å². The maximum Gasteiger partial charge on any atom is 0.0897 e. The molecule has 0 heterocycles. The van der Waals surface area contributed by atoms with Crippen LogP contribution in [0.15, 0.2) is 0 Å². The number of hydrogen-bond donors (Lipinski definition) is 2. The molecule has 1 atom stereocenters. The number of aliphatic hydroxyl groups is 1. The van der Waals surface area contributed by atoms with E-state index in [-0.39, 0.29) is 6.10 Å². The van der Waals surface area contributed by atoms with Gasteiger partial charge in [-0.05, 0) is 37.6 Å². The number of hydrogen-bond acceptors (Lipinski definition) is 3. The average molecular weight is 245 g/mol. The van der Waals surface area contributed by atoms with Gasteiger partial charge in [-0.3, -0.25) is 0 Å². The summed E-state index contributed by atoms with van der Waals surface area (Å²) in [5, 5.41) is 12.9. The van der Waals surface area contributed by atoms with Crippen molar-refractivity contribution in [2.24, 2.45) is 11.8 Å². The smallest absolute Gasteiger partial charge is 0.0897 e. The van der Waals surface area contributed by atoms with E-state index in [0.29, 0.717) is 19.1 Å². The third kappa shape index (κ3) is 13.8. The molecule has 3 heteroatoms. The predicted octanol–water partition coefficient (Wildman–Crippen LogP) is 2.44. The van der Waals surface area contributed by atoms with Crippen molar-refractivity contribution in [2.75, 3.05) is 26.3 Å². The second kappa shape index (κ2) is 11.0. The molecule has 0 radical (unpaired) electrons. The largest absolute Gasteiger partial charge is 0.389 e. The molecular weight excluding hydrogens is 214 g/mol. The maximum absolute atomic E-state index is 9.64. The molecule has 0 rings (SSSR count). The van der Waals surface area contributed by atoms with Crippen molar-refractivity contribution in [1.82, 2.24) is 5.32 Å². The van der Waals surface area contributed by atoms with Crippen LogP contribution in [0.2, 0.25) is 0 Å². The lowest BCUT2D eigenvalue weighted by Crippen LogP contribution is -2.31. The molecule has 0 saturated heterocycles. The van der Waals surface area contributed by atoms with Crippen molar-refractivity contribution >= 4 is 0 Å². The van der Waals surface area contributed by atoms with E-state index in [2.05, 4.69) is 33.0 Å². The van der Waals surface area contributed by atoms with Crippen LogP contribution >= 0.6 is 0 Å². The fourth-order valence-corrected chi connectivity index (χ4v) is 1.53. The molecule has 0 bridgehead atoms. The van der Waals surface area contributed by atoms with E-state index in [4.69, 9.17) is 4.74 Å². The first kappa shape index (κ1) is 16.9. The first-order valence-corrected chi connectivity index (χ1v) is 6.99. The zero-order valence-electron chi connectivity index (χ0n) is 12.0. The lowest BCUT2D eigenvalue weighted by atomic mass is 10.1. The Bertz CT molecular complexity index is 160. The molecule has 0 fully saturated rings. The number of nitrogens with one attached hydrogen (secondary N) is 1. The van der Waals surface area contributed by atoms with Gasteiger partial charge >= 0.3 is 0 Å². The van der Waals surface area contributed by atoms with Crippen LogP contribution in [0.4, 0.5) is 0 Å². The summed E-state index contributed by atoms with van der Waals surface area (Å²) in [6, 6.07) is 0. The fraction of sp³-hybridized carbons (Fsp3) is 1.00. The predicted molar refractivity (Wildman–Crippen MR) is 73.2 cm³/mol. The van der Waals surface area contributed by atoms with Gasteiger partial charge in [0.2, 0.25) is 0 Å². The van der Waals surface area contributed by atoms with Gasteiger partial charge in [-0.15, -0.1) is 0 Å². The lowest BCUT2D eigenvalue weighted by molar-refractivity contribution is 0.0348. The minimum Gasteiger partial charge on any atom is -0.389 e. The van der Waals surface area contributed by atoms with Crippen LogP contribution in [-0.2, 0) is 4.74 Å². The summed E-state index contributed by atoms with van der Waals surface area (Å²) in [7, 11) is 0. The van der Waals surface area contributed by atoms with Crippen LogP contribution in [-0.4, -0.2) is 37.5 Å². The number of rotatable bonds is 11. The molecule has 0 aliphatic heterocycles. The molecule has 0 aliphatic carbocycles. The minimum absolute atomic E-state index is 0.374. The molecule has 104 valence electrons. The number of aliphatic hydroxyl groups excluding tert-OH is 1. The summed E-state index contributed by atoms with van der Waals surface area (Å²) in [5.74, 6) is 1.45. The Kier molecular flexibility index (Phi) is 10.9. The van der Waals surface area contributed by atoms with Crippen molar-refractivity contribution in [2.45, 2.75) is 53.1 Å². The normalized spacial score (nSPS) is 13.6. The molecule has 0 spiro atoms. The molecule has 2 N–H and O–H groups in total. The van der Waals surface area contributed by atoms with E-state index >= 15 is 0 Å². The first-order valence-electron chi connectivity index (χ1n) is 6.99. The van der Waals surface area contributed by atoms with Gasteiger partial charge in [0.25, 0.3) is 0 Å². The Morgan fingerprint density at radius 2 is 1.71 bits per heavy atom. The van der Waals surface area contributed by atoms with Gasteiger partial charge in [-0.25, -0.2) is 0 Å². The van der Waals surface area contributed by atoms with Crippen LogP contribution in [0.25, 0.3) is 0 Å². The molecule has 0 aromatic carbocycles. The molecule has 17 heavy (non-hydrogen) atoms. The second-order valence-electron chi connectivity index (χ2n) is 5.65. The van der Waals surface area contributed by atoms with Crippen molar-refractivity contribution in [1.29, 1.82) is 0 Å². The standard InChI is InChI=1S/C14H31NO2/c1-12(2)6-5-9-17-11-14(16)10-15-8-7-13(3)4/h12-16H,5-11H2,1-4H3. The Morgan fingerprint density at radius 3 is 2.29 bits per heavy atom. The molecule has 0 aromatic heterocycles. The van der Waals surface area contributed by atoms with Gasteiger partial charge in [0, 0.05) is 13.2 Å². The molecule has 0 aromatic rings. The molecular formula is C14H31NO2. The molecule has 0 saturated carbocycles. The van der Waals surface area contributed by atoms with E-state index in [1.807, 2.05) is 0 Å². The maximum atomic E-state index is 9.64. The monoisotopic (exact) mass is 245 g/mol. The van der Waals surface area contributed by atoms with E-state index in [0.717, 1.165) is 31.9 Å². The van der Waals surface area contributed by atoms with Crippen molar-refractivity contribution in [3.63, 3.8) is 0 Å². The Labute approximate surface area is 107 Å². The van der Waals surface area contributed by atoms with Crippen LogP contribution in [0.1, 0.15) is 47.0 Å². The second-order valence-corrected chi connectivity index (χ2v) is 5.65. The zero-order valence-corrected chi connectivity index (χ0v) is 12.0. The highest BCUT2D eigenvalue weighted by molar-refractivity contribution is 4.59. The van der Waals surface area contributed by atoms with Gasteiger partial charge in [0.1, 0.15) is 0 Å². The third-order valence-corrected chi connectivity index (χ3v) is 2.66. The van der Waals surface area contributed by atoms with E-state index in [9.17, 15) is 5.11 Å². The first-order chi connectivity index (χ1) is 8.02. The van der Waals surface area contributed by atoms with Crippen molar-refractivity contribution < 1.29 is 9.84 Å². The van der Waals surface area contributed by atoms with Crippen LogP contribution < -0.4 is 5.32 Å². The third-order valence-electron chi connectivity index (χ3n) is 2.66. The Hall–Kier alpha value is -0.120. The van der Waals surface area contributed by atoms with Gasteiger partial charge in [0.05, 0.1) is 12.7 Å². The summed E-state index contributed by atoms with van der Waals surface area (Å²) in [4.78, 5) is 0. The number of ether oxygens (including phenoxy) is 1. The van der Waals surface area contributed by atoms with Gasteiger partial charge in [-0.1, -0.05) is 27.7 Å². The van der Waals surface area contributed by atoms with E-state index in [1.165, 1.54) is 6.42 Å². The Morgan fingerprint density at radius 1 is 1.06 bits per heavy atom. The summed E-state index contributed by atoms with van der Waals surface area (Å²) < 4.78 is 5.43. The van der Waals surface area contributed by atoms with Crippen LogP contribution in [0, 0.1) is 11.8 Å². The average Bonchev–Trinajstić information content (AvgIpc) is 2.23.